The van der Waals surface area contributed by atoms with Crippen LogP contribution in [0.25, 0.3) is 0 Å². The molecule has 2 bridgehead atoms. The predicted molar refractivity (Wildman–Crippen MR) is 104 cm³/mol. The zero-order valence-electron chi connectivity index (χ0n) is 16.2. The Bertz CT molecular complexity index is 874. The molecule has 1 unspecified atom stereocenters. The molecule has 0 amide bonds. The van der Waals surface area contributed by atoms with E-state index in [9.17, 15) is 9.90 Å². The monoisotopic (exact) mass is 381 g/mol. The molecule has 28 heavy (non-hydrogen) atoms. The summed E-state index contributed by atoms with van der Waals surface area (Å²) in [5.41, 5.74) is 1.32. The molecular formula is C23H27NO4. The molecule has 3 fully saturated rings. The number of hydrogen-bond acceptors (Lipinski definition) is 5. The second-order valence-electron chi connectivity index (χ2n) is 9.28. The SMILES string of the molecule is C=CCOC12CCC(=O)[C@@H]3Oc4c(O)ccc5c4[C@@]31CCN(CC1CC1)[C@@H]2C5. The Labute approximate surface area is 165 Å². The predicted octanol–water partition coefficient (Wildman–Crippen LogP) is 2.74. The van der Waals surface area contributed by atoms with E-state index < -0.39 is 17.1 Å². The molecule has 3 aliphatic carbocycles. The highest BCUT2D eigenvalue weighted by Crippen LogP contribution is 2.66. The lowest BCUT2D eigenvalue weighted by Crippen LogP contribution is -2.77. The van der Waals surface area contributed by atoms with Gasteiger partial charge >= 0.3 is 0 Å². The normalized spacial score (nSPS) is 38.1. The van der Waals surface area contributed by atoms with E-state index in [0.29, 0.717) is 18.8 Å². The maximum atomic E-state index is 13.0. The number of rotatable bonds is 5. The fourth-order valence-corrected chi connectivity index (χ4v) is 6.74. The molecule has 0 aromatic heterocycles. The van der Waals surface area contributed by atoms with Gasteiger partial charge in [-0.25, -0.2) is 0 Å². The number of benzene rings is 1. The number of aromatic hydroxyl groups is 1. The van der Waals surface area contributed by atoms with Gasteiger partial charge in [0.05, 0.1) is 17.6 Å². The molecule has 0 radical (unpaired) electrons. The summed E-state index contributed by atoms with van der Waals surface area (Å²) in [4.78, 5) is 15.7. The Morgan fingerprint density at radius 1 is 1.36 bits per heavy atom. The standard InChI is InChI=1S/C23H27NO4/c1-2-11-27-23-8-7-17(26)21-22(23)9-10-24(13-14-3-4-14)18(23)12-15-5-6-16(25)20(28-21)19(15)22/h2,5-6,14,18,21,25H,1,3-4,7-13H2/t18-,21+,22+,23?/m1/s1. The molecular weight excluding hydrogens is 354 g/mol. The number of hydrogen-bond donors (Lipinski definition) is 1. The van der Waals surface area contributed by atoms with Gasteiger partial charge in [0, 0.05) is 24.6 Å². The quantitative estimate of drug-likeness (QED) is 0.795. The van der Waals surface area contributed by atoms with E-state index in [0.717, 1.165) is 43.8 Å². The van der Waals surface area contributed by atoms with Gasteiger partial charge in [-0.15, -0.1) is 6.58 Å². The van der Waals surface area contributed by atoms with E-state index >= 15 is 0 Å². The van der Waals surface area contributed by atoms with Gasteiger partial charge < -0.3 is 14.6 Å². The summed E-state index contributed by atoms with van der Waals surface area (Å²) < 4.78 is 12.9. The van der Waals surface area contributed by atoms with Crippen LogP contribution in [0.2, 0.25) is 0 Å². The molecule has 1 aromatic carbocycles. The number of Topliss-reactive ketones (excluding diaryl/α,β-unsaturated/α-hetero) is 1. The highest BCUT2D eigenvalue weighted by Gasteiger charge is 2.74. The van der Waals surface area contributed by atoms with Crippen molar-refractivity contribution in [3.05, 3.63) is 35.9 Å². The van der Waals surface area contributed by atoms with Crippen LogP contribution in [-0.2, 0) is 21.4 Å². The fourth-order valence-electron chi connectivity index (χ4n) is 6.74. The summed E-state index contributed by atoms with van der Waals surface area (Å²) in [6.07, 6.45) is 6.85. The number of carbonyl (C=O) groups excluding carboxylic acids is 1. The van der Waals surface area contributed by atoms with E-state index in [1.165, 1.54) is 18.4 Å². The minimum Gasteiger partial charge on any atom is -0.504 e. The molecule has 1 saturated heterocycles. The van der Waals surface area contributed by atoms with Crippen LogP contribution in [0.5, 0.6) is 11.5 Å². The zero-order valence-corrected chi connectivity index (χ0v) is 16.2. The molecule has 1 spiro atoms. The number of phenolic OH excluding ortho intramolecular Hbond substituents is 1. The second-order valence-corrected chi connectivity index (χ2v) is 9.28. The molecule has 6 rings (SSSR count). The molecule has 2 saturated carbocycles. The van der Waals surface area contributed by atoms with Crippen molar-refractivity contribution < 1.29 is 19.4 Å². The highest BCUT2D eigenvalue weighted by atomic mass is 16.5. The molecule has 5 aliphatic rings. The fraction of sp³-hybridized carbons (Fsp3) is 0.609. The van der Waals surface area contributed by atoms with Gasteiger partial charge in [-0.3, -0.25) is 9.69 Å². The number of ketones is 1. The van der Waals surface area contributed by atoms with Crippen molar-refractivity contribution in [3.8, 4) is 11.5 Å². The van der Waals surface area contributed by atoms with Crippen LogP contribution in [0.3, 0.4) is 0 Å². The van der Waals surface area contributed by atoms with Gasteiger partial charge in [0.15, 0.2) is 23.4 Å². The summed E-state index contributed by atoms with van der Waals surface area (Å²) in [6.45, 7) is 6.43. The topological polar surface area (TPSA) is 59.0 Å². The first-order valence-electron chi connectivity index (χ1n) is 10.6. The van der Waals surface area contributed by atoms with Crippen molar-refractivity contribution in [2.45, 2.75) is 61.7 Å². The van der Waals surface area contributed by atoms with Gasteiger partial charge in [-0.1, -0.05) is 12.1 Å². The molecule has 5 nitrogen and oxygen atoms in total. The summed E-state index contributed by atoms with van der Waals surface area (Å²) in [5, 5.41) is 10.5. The van der Waals surface area contributed by atoms with E-state index in [-0.39, 0.29) is 17.6 Å². The highest BCUT2D eigenvalue weighted by molar-refractivity contribution is 5.90. The Hall–Kier alpha value is -1.85. The van der Waals surface area contributed by atoms with E-state index in [2.05, 4.69) is 11.5 Å². The Morgan fingerprint density at radius 2 is 2.21 bits per heavy atom. The average molecular weight is 381 g/mol. The van der Waals surface area contributed by atoms with Crippen LogP contribution in [0.15, 0.2) is 24.8 Å². The van der Waals surface area contributed by atoms with Crippen LogP contribution in [0.4, 0.5) is 0 Å². The van der Waals surface area contributed by atoms with Crippen molar-refractivity contribution in [2.75, 3.05) is 19.7 Å². The molecule has 2 heterocycles. The number of nitrogens with zero attached hydrogens (tertiary/aromatic N) is 1. The Morgan fingerprint density at radius 3 is 3.00 bits per heavy atom. The Balaban J connectivity index is 1.58. The van der Waals surface area contributed by atoms with Gasteiger partial charge in [0.2, 0.25) is 0 Å². The van der Waals surface area contributed by atoms with Crippen molar-refractivity contribution in [1.82, 2.24) is 4.90 Å². The van der Waals surface area contributed by atoms with Crippen molar-refractivity contribution in [3.63, 3.8) is 0 Å². The van der Waals surface area contributed by atoms with Crippen molar-refractivity contribution in [2.24, 2.45) is 5.92 Å². The van der Waals surface area contributed by atoms with Crippen LogP contribution in [0.1, 0.15) is 43.2 Å². The second kappa shape index (κ2) is 5.61. The largest absolute Gasteiger partial charge is 0.504 e. The Kier molecular flexibility index (Phi) is 3.41. The van der Waals surface area contributed by atoms with Gasteiger partial charge in [-0.2, -0.15) is 0 Å². The first kappa shape index (κ1) is 17.0. The van der Waals surface area contributed by atoms with Gasteiger partial charge in [-0.05, 0) is 56.2 Å². The molecule has 1 N–H and O–H groups in total. The first-order valence-corrected chi connectivity index (χ1v) is 10.6. The van der Waals surface area contributed by atoms with Crippen molar-refractivity contribution in [1.29, 1.82) is 0 Å². The summed E-state index contributed by atoms with van der Waals surface area (Å²) in [6, 6.07) is 4.00. The number of phenols is 1. The summed E-state index contributed by atoms with van der Waals surface area (Å²) in [5.74, 6) is 1.63. The van der Waals surface area contributed by atoms with Crippen LogP contribution in [-0.4, -0.2) is 53.2 Å². The van der Waals surface area contributed by atoms with E-state index in [1.807, 2.05) is 12.1 Å². The third-order valence-electron chi connectivity index (χ3n) is 7.98. The molecule has 5 heteroatoms. The third-order valence-corrected chi connectivity index (χ3v) is 7.98. The molecule has 148 valence electrons. The maximum Gasteiger partial charge on any atom is 0.174 e. The lowest BCUT2D eigenvalue weighted by Gasteiger charge is -2.64. The van der Waals surface area contributed by atoms with Crippen LogP contribution in [0, 0.1) is 5.92 Å². The van der Waals surface area contributed by atoms with E-state index in [4.69, 9.17) is 9.47 Å². The minimum atomic E-state index is -0.543. The van der Waals surface area contributed by atoms with Crippen LogP contribution < -0.4 is 4.74 Å². The number of ether oxygens (including phenoxy) is 2. The smallest absolute Gasteiger partial charge is 0.174 e. The first-order chi connectivity index (χ1) is 13.6. The molecule has 4 atom stereocenters. The van der Waals surface area contributed by atoms with Gasteiger partial charge in [0.25, 0.3) is 0 Å². The number of piperidine rings is 1. The van der Waals surface area contributed by atoms with Crippen LogP contribution >= 0.6 is 0 Å². The van der Waals surface area contributed by atoms with Gasteiger partial charge in [0.1, 0.15) is 0 Å². The van der Waals surface area contributed by atoms with E-state index in [1.54, 1.807) is 6.07 Å². The third kappa shape index (κ3) is 1.92. The minimum absolute atomic E-state index is 0.145. The molecule has 2 aliphatic heterocycles. The number of carbonyl (C=O) groups is 1. The lowest BCUT2D eigenvalue weighted by molar-refractivity contribution is -0.209. The maximum absolute atomic E-state index is 13.0. The average Bonchev–Trinajstić information content (AvgIpc) is 3.43. The summed E-state index contributed by atoms with van der Waals surface area (Å²) in [7, 11) is 0. The summed E-state index contributed by atoms with van der Waals surface area (Å²) >= 11 is 0. The number of likely N-dealkylation sites (tertiary alicyclic amines) is 1. The van der Waals surface area contributed by atoms with Crippen molar-refractivity contribution >= 4 is 5.78 Å². The zero-order chi connectivity index (χ0) is 19.1. The lowest BCUT2D eigenvalue weighted by atomic mass is 9.48. The molecule has 1 aromatic rings.